The number of fused-ring (bicyclic) bond motifs is 2. The van der Waals surface area contributed by atoms with Crippen molar-refractivity contribution in [1.82, 2.24) is 15.1 Å². The minimum absolute atomic E-state index is 0.207. The number of hydrogen-bond donors (Lipinski definition) is 1. The Kier molecular flexibility index (Phi) is 7.34. The van der Waals surface area contributed by atoms with Crippen LogP contribution < -0.4 is 5.32 Å². The molecule has 0 spiro atoms. The zero-order valence-electron chi connectivity index (χ0n) is 14.9. The second-order valence-corrected chi connectivity index (χ2v) is 7.00. The van der Waals surface area contributed by atoms with E-state index >= 15 is 0 Å². The summed E-state index contributed by atoms with van der Waals surface area (Å²) in [6, 6.07) is 1.09. The Morgan fingerprint density at radius 3 is 2.43 bits per heavy atom. The van der Waals surface area contributed by atoms with E-state index in [2.05, 4.69) is 19.2 Å². The van der Waals surface area contributed by atoms with Crippen LogP contribution in [0.15, 0.2) is 0 Å². The molecule has 0 radical (unpaired) electrons. The molecule has 0 aromatic rings. The van der Waals surface area contributed by atoms with E-state index in [1.165, 1.54) is 12.8 Å². The van der Waals surface area contributed by atoms with E-state index in [4.69, 9.17) is 0 Å². The fourth-order valence-corrected chi connectivity index (χ4v) is 3.78. The van der Waals surface area contributed by atoms with Gasteiger partial charge < -0.3 is 15.1 Å². The Morgan fingerprint density at radius 2 is 1.74 bits per heavy atom. The van der Waals surface area contributed by atoms with Gasteiger partial charge in [0.05, 0.1) is 0 Å². The van der Waals surface area contributed by atoms with Crippen molar-refractivity contribution in [3.8, 4) is 0 Å². The van der Waals surface area contributed by atoms with E-state index in [0.717, 1.165) is 45.4 Å². The number of amides is 2. The van der Waals surface area contributed by atoms with Gasteiger partial charge in [0.1, 0.15) is 0 Å². The molecule has 2 bridgehead atoms. The molecule has 2 fully saturated rings. The molecule has 0 saturated carbocycles. The number of carbonyl (C=O) groups is 2. The first-order chi connectivity index (χ1) is 11.1. The van der Waals surface area contributed by atoms with Gasteiger partial charge in [-0.25, -0.2) is 0 Å². The van der Waals surface area contributed by atoms with Crippen LogP contribution in [0, 0.1) is 0 Å². The van der Waals surface area contributed by atoms with E-state index in [-0.39, 0.29) is 11.8 Å². The number of nitrogens with zero attached hydrogens (tertiary/aromatic N) is 2. The van der Waals surface area contributed by atoms with Gasteiger partial charge in [0.25, 0.3) is 0 Å². The van der Waals surface area contributed by atoms with Gasteiger partial charge in [-0.05, 0) is 38.5 Å². The smallest absolute Gasteiger partial charge is 0.222 e. The fourth-order valence-electron chi connectivity index (χ4n) is 3.78. The van der Waals surface area contributed by atoms with Crippen LogP contribution in [0.25, 0.3) is 0 Å². The lowest BCUT2D eigenvalue weighted by molar-refractivity contribution is -0.133. The van der Waals surface area contributed by atoms with Gasteiger partial charge in [-0.3, -0.25) is 9.59 Å². The van der Waals surface area contributed by atoms with Gasteiger partial charge in [-0.15, -0.1) is 0 Å². The normalized spacial score (nSPS) is 23.7. The Labute approximate surface area is 140 Å². The summed E-state index contributed by atoms with van der Waals surface area (Å²) in [6.07, 6.45) is 7.20. The van der Waals surface area contributed by atoms with Gasteiger partial charge in [0, 0.05) is 51.1 Å². The molecule has 2 heterocycles. The first-order valence-corrected chi connectivity index (χ1v) is 9.45. The lowest BCUT2D eigenvalue weighted by Gasteiger charge is -2.25. The Balaban J connectivity index is 1.70. The largest absolute Gasteiger partial charge is 0.343 e. The molecule has 0 aromatic heterocycles. The topological polar surface area (TPSA) is 52.7 Å². The molecule has 2 aliphatic heterocycles. The van der Waals surface area contributed by atoms with Gasteiger partial charge >= 0.3 is 0 Å². The number of carbonyl (C=O) groups excluding carboxylic acids is 2. The Hall–Kier alpha value is -1.10. The molecule has 0 aliphatic carbocycles. The monoisotopic (exact) mass is 323 g/mol. The Bertz CT molecular complexity index is 394. The zero-order chi connectivity index (χ0) is 16.7. The predicted octanol–water partition coefficient (Wildman–Crippen LogP) is 2.16. The molecule has 2 unspecified atom stereocenters. The summed E-state index contributed by atoms with van der Waals surface area (Å²) in [5.41, 5.74) is 0. The summed E-state index contributed by atoms with van der Waals surface area (Å²) in [5.74, 6) is 0.433. The van der Waals surface area contributed by atoms with Crippen LogP contribution in [0.5, 0.6) is 0 Å². The predicted molar refractivity (Wildman–Crippen MR) is 92.2 cm³/mol. The lowest BCUT2D eigenvalue weighted by Crippen LogP contribution is -2.39. The second kappa shape index (κ2) is 9.26. The molecular formula is C18H33N3O2. The Morgan fingerprint density at radius 1 is 1.04 bits per heavy atom. The summed E-state index contributed by atoms with van der Waals surface area (Å²) in [6.45, 7) is 7.59. The standard InChI is InChI=1S/C18H33N3O2/c1-3-11-20(12-4-2)17(22)6-5-7-18(23)21-13-10-15-8-9-16(14-21)19-15/h15-16,19H,3-14H2,1-2H3. The van der Waals surface area contributed by atoms with Gasteiger partial charge in [-0.2, -0.15) is 0 Å². The zero-order valence-corrected chi connectivity index (χ0v) is 14.9. The molecule has 2 atom stereocenters. The molecule has 132 valence electrons. The molecule has 2 saturated heterocycles. The maximum absolute atomic E-state index is 12.4. The summed E-state index contributed by atoms with van der Waals surface area (Å²) >= 11 is 0. The number of likely N-dealkylation sites (tertiary alicyclic amines) is 1. The van der Waals surface area contributed by atoms with Gasteiger partial charge in [-0.1, -0.05) is 13.8 Å². The van der Waals surface area contributed by atoms with Crippen molar-refractivity contribution in [2.45, 2.75) is 77.3 Å². The third-order valence-corrected chi connectivity index (χ3v) is 5.00. The molecule has 23 heavy (non-hydrogen) atoms. The SMILES string of the molecule is CCCN(CCC)C(=O)CCCC(=O)N1CCC2CCC(C1)N2. The molecular weight excluding hydrogens is 290 g/mol. The van der Waals surface area contributed by atoms with Crippen molar-refractivity contribution in [3.05, 3.63) is 0 Å². The molecule has 5 nitrogen and oxygen atoms in total. The maximum Gasteiger partial charge on any atom is 0.222 e. The van der Waals surface area contributed by atoms with Crippen LogP contribution in [-0.2, 0) is 9.59 Å². The van der Waals surface area contributed by atoms with Crippen LogP contribution in [0.3, 0.4) is 0 Å². The first-order valence-electron chi connectivity index (χ1n) is 9.45. The van der Waals surface area contributed by atoms with Crippen molar-refractivity contribution in [3.63, 3.8) is 0 Å². The minimum Gasteiger partial charge on any atom is -0.343 e. The molecule has 2 aliphatic rings. The first kappa shape index (κ1) is 18.2. The number of nitrogens with one attached hydrogen (secondary N) is 1. The highest BCUT2D eigenvalue weighted by Crippen LogP contribution is 2.21. The van der Waals surface area contributed by atoms with E-state index in [1.807, 2.05) is 9.80 Å². The molecule has 0 aromatic carbocycles. The highest BCUT2D eigenvalue weighted by molar-refractivity contribution is 5.79. The van der Waals surface area contributed by atoms with E-state index in [0.29, 0.717) is 31.3 Å². The highest BCUT2D eigenvalue weighted by Gasteiger charge is 2.30. The van der Waals surface area contributed by atoms with Crippen LogP contribution in [0.4, 0.5) is 0 Å². The average Bonchev–Trinajstić information content (AvgIpc) is 2.85. The third kappa shape index (κ3) is 5.48. The van der Waals surface area contributed by atoms with Crippen LogP contribution in [0.2, 0.25) is 0 Å². The van der Waals surface area contributed by atoms with Gasteiger partial charge in [0.15, 0.2) is 0 Å². The summed E-state index contributed by atoms with van der Waals surface area (Å²) < 4.78 is 0. The second-order valence-electron chi connectivity index (χ2n) is 7.00. The van der Waals surface area contributed by atoms with Crippen molar-refractivity contribution < 1.29 is 9.59 Å². The van der Waals surface area contributed by atoms with E-state index in [9.17, 15) is 9.59 Å². The van der Waals surface area contributed by atoms with Crippen molar-refractivity contribution >= 4 is 11.8 Å². The lowest BCUT2D eigenvalue weighted by atomic mass is 10.1. The molecule has 1 N–H and O–H groups in total. The maximum atomic E-state index is 12.4. The molecule has 2 rings (SSSR count). The van der Waals surface area contributed by atoms with Crippen LogP contribution in [0.1, 0.15) is 65.2 Å². The van der Waals surface area contributed by atoms with Crippen LogP contribution in [-0.4, -0.2) is 59.9 Å². The number of hydrogen-bond acceptors (Lipinski definition) is 3. The fraction of sp³-hybridized carbons (Fsp3) is 0.889. The number of rotatable bonds is 8. The summed E-state index contributed by atoms with van der Waals surface area (Å²) in [5, 5.41) is 3.60. The third-order valence-electron chi connectivity index (χ3n) is 5.00. The van der Waals surface area contributed by atoms with Crippen molar-refractivity contribution in [1.29, 1.82) is 0 Å². The molecule has 5 heteroatoms. The van der Waals surface area contributed by atoms with Gasteiger partial charge in [0.2, 0.25) is 11.8 Å². The van der Waals surface area contributed by atoms with E-state index in [1.54, 1.807) is 0 Å². The summed E-state index contributed by atoms with van der Waals surface area (Å²) in [4.78, 5) is 28.6. The van der Waals surface area contributed by atoms with Crippen LogP contribution >= 0.6 is 0 Å². The minimum atomic E-state index is 0.207. The quantitative estimate of drug-likeness (QED) is 0.745. The highest BCUT2D eigenvalue weighted by atomic mass is 16.2. The summed E-state index contributed by atoms with van der Waals surface area (Å²) in [7, 11) is 0. The van der Waals surface area contributed by atoms with Crippen molar-refractivity contribution in [2.24, 2.45) is 0 Å². The molecule has 2 amide bonds. The average molecular weight is 323 g/mol. The van der Waals surface area contributed by atoms with Crippen molar-refractivity contribution in [2.75, 3.05) is 26.2 Å². The van der Waals surface area contributed by atoms with E-state index < -0.39 is 0 Å².